The average molecular weight is 387 g/mol. The van der Waals surface area contributed by atoms with Crippen molar-refractivity contribution in [3.8, 4) is 0 Å². The monoisotopic (exact) mass is 387 g/mol. The second kappa shape index (κ2) is 8.02. The zero-order valence-electron chi connectivity index (χ0n) is 15.2. The van der Waals surface area contributed by atoms with Crippen molar-refractivity contribution in [2.75, 3.05) is 13.2 Å². The highest BCUT2D eigenvalue weighted by molar-refractivity contribution is 5.72. The lowest BCUT2D eigenvalue weighted by Crippen LogP contribution is -2.28. The molecule has 2 aliphatic heterocycles. The van der Waals surface area contributed by atoms with Gasteiger partial charge in [0.15, 0.2) is 0 Å². The van der Waals surface area contributed by atoms with Gasteiger partial charge in [-0.15, -0.1) is 20.5 Å². The molecule has 0 bridgehead atoms. The molecule has 0 saturated heterocycles. The van der Waals surface area contributed by atoms with E-state index in [1.54, 1.807) is 26.0 Å². The molecule has 0 spiro atoms. The maximum absolute atomic E-state index is 12.0. The Labute approximate surface area is 159 Å². The Kier molecular flexibility index (Phi) is 5.52. The number of rotatable bonds is 8. The highest BCUT2D eigenvalue weighted by Crippen LogP contribution is 2.40. The maximum Gasteiger partial charge on any atom is 0.310 e. The first-order chi connectivity index (χ1) is 13.5. The predicted molar refractivity (Wildman–Crippen MR) is 89.5 cm³/mol. The number of pyridine rings is 1. The molecule has 0 atom stereocenters. The van der Waals surface area contributed by atoms with E-state index in [1.165, 1.54) is 6.20 Å². The van der Waals surface area contributed by atoms with Crippen molar-refractivity contribution in [3.05, 3.63) is 29.6 Å². The van der Waals surface area contributed by atoms with E-state index in [2.05, 4.69) is 46.3 Å². The number of carbonyl (C=O) groups excluding carboxylic acids is 2. The highest BCUT2D eigenvalue weighted by Gasteiger charge is 2.44. The van der Waals surface area contributed by atoms with Crippen LogP contribution in [0, 0.1) is 0 Å². The topological polar surface area (TPSA) is 164 Å². The lowest BCUT2D eigenvalue weighted by molar-refractivity contribution is -0.145. The van der Waals surface area contributed by atoms with Crippen molar-refractivity contribution < 1.29 is 19.1 Å². The van der Waals surface area contributed by atoms with Gasteiger partial charge in [-0.3, -0.25) is 14.6 Å². The third-order valence-corrected chi connectivity index (χ3v) is 3.95. The Morgan fingerprint density at radius 1 is 0.857 bits per heavy atom. The Morgan fingerprint density at radius 3 is 1.89 bits per heavy atom. The van der Waals surface area contributed by atoms with Gasteiger partial charge >= 0.3 is 11.9 Å². The van der Waals surface area contributed by atoms with E-state index in [-0.39, 0.29) is 31.7 Å². The van der Waals surface area contributed by atoms with Gasteiger partial charge in [-0.1, -0.05) is 0 Å². The quantitative estimate of drug-likeness (QED) is 0.624. The second-order valence-corrected chi connectivity index (χ2v) is 5.78. The summed E-state index contributed by atoms with van der Waals surface area (Å²) in [4.78, 5) is 28.3. The Hall–Kier alpha value is -3.51. The fraction of sp³-hybridized carbons (Fsp3) is 0.533. The van der Waals surface area contributed by atoms with Crippen molar-refractivity contribution in [1.82, 2.24) is 4.98 Å². The van der Waals surface area contributed by atoms with Gasteiger partial charge in [0.25, 0.3) is 0 Å². The van der Waals surface area contributed by atoms with Crippen LogP contribution < -0.4 is 0 Å². The summed E-state index contributed by atoms with van der Waals surface area (Å²) < 4.78 is 9.98. The summed E-state index contributed by atoms with van der Waals surface area (Å²) in [6, 6.07) is 3.17. The lowest BCUT2D eigenvalue weighted by atomic mass is 9.94. The van der Waals surface area contributed by atoms with Gasteiger partial charge in [-0.05, 0) is 46.9 Å². The molecule has 146 valence electrons. The largest absolute Gasteiger partial charge is 0.466 e. The molecule has 0 fully saturated rings. The summed E-state index contributed by atoms with van der Waals surface area (Å²) >= 11 is 0. The van der Waals surface area contributed by atoms with E-state index in [9.17, 15) is 9.59 Å². The van der Waals surface area contributed by atoms with Crippen LogP contribution in [0.4, 0.5) is 0 Å². The summed E-state index contributed by atoms with van der Waals surface area (Å²) in [5, 5.41) is 30.1. The van der Waals surface area contributed by atoms with Gasteiger partial charge in [0.1, 0.15) is 6.42 Å². The van der Waals surface area contributed by atoms with Crippen molar-refractivity contribution in [1.29, 1.82) is 0 Å². The molecule has 2 aliphatic rings. The van der Waals surface area contributed by atoms with E-state index < -0.39 is 23.3 Å². The van der Waals surface area contributed by atoms with Gasteiger partial charge in [-0.25, -0.2) is 0 Å². The molecule has 3 rings (SSSR count). The number of carbonyl (C=O) groups is 2. The normalized spacial score (nSPS) is 17.8. The Morgan fingerprint density at radius 2 is 1.36 bits per heavy atom. The van der Waals surface area contributed by atoms with Crippen molar-refractivity contribution in [3.63, 3.8) is 0 Å². The molecule has 1 aromatic heterocycles. The molecule has 0 aromatic carbocycles. The number of hydrogen-bond donors (Lipinski definition) is 0. The van der Waals surface area contributed by atoms with E-state index >= 15 is 0 Å². The molecule has 28 heavy (non-hydrogen) atoms. The fourth-order valence-electron chi connectivity index (χ4n) is 2.69. The van der Waals surface area contributed by atoms with Crippen LogP contribution in [0.1, 0.15) is 37.9 Å². The number of aromatic nitrogens is 1. The van der Waals surface area contributed by atoms with Crippen LogP contribution in [-0.4, -0.2) is 30.1 Å². The molecule has 1 aromatic rings. The van der Waals surface area contributed by atoms with E-state index in [0.29, 0.717) is 5.56 Å². The van der Waals surface area contributed by atoms with Crippen LogP contribution in [-0.2, 0) is 30.4 Å². The van der Waals surface area contributed by atoms with Gasteiger partial charge in [0.05, 0.1) is 25.3 Å². The van der Waals surface area contributed by atoms with Crippen LogP contribution in [0.2, 0.25) is 0 Å². The summed E-state index contributed by atoms with van der Waals surface area (Å²) in [5.74, 6) is -1.04. The highest BCUT2D eigenvalue weighted by atomic mass is 16.5. The Bertz CT molecular complexity index is 789. The zero-order valence-corrected chi connectivity index (χ0v) is 15.2. The molecule has 0 radical (unpaired) electrons. The van der Waals surface area contributed by atoms with Gasteiger partial charge in [-0.2, -0.15) is 0 Å². The van der Waals surface area contributed by atoms with Gasteiger partial charge in [0.2, 0.25) is 11.3 Å². The Balaban J connectivity index is 1.96. The molecule has 13 heteroatoms. The molecular weight excluding hydrogens is 370 g/mol. The van der Waals surface area contributed by atoms with E-state index in [0.717, 1.165) is 0 Å². The number of hydrogen-bond acceptors (Lipinski definition) is 13. The lowest BCUT2D eigenvalue weighted by Gasteiger charge is -2.22. The molecule has 0 amide bonds. The van der Waals surface area contributed by atoms with E-state index in [1.807, 2.05) is 0 Å². The van der Waals surface area contributed by atoms with Crippen molar-refractivity contribution in [2.45, 2.75) is 38.0 Å². The summed E-state index contributed by atoms with van der Waals surface area (Å²) in [7, 11) is 0. The summed E-state index contributed by atoms with van der Waals surface area (Å²) in [5.41, 5.74) is -2.12. The first-order valence-corrected chi connectivity index (χ1v) is 8.50. The van der Waals surface area contributed by atoms with Gasteiger partial charge in [0, 0.05) is 11.8 Å². The average Bonchev–Trinajstić information content (AvgIpc) is 3.33. The molecule has 0 N–H and O–H groups in total. The van der Waals surface area contributed by atoms with Crippen molar-refractivity contribution in [2.24, 2.45) is 41.4 Å². The molecule has 13 nitrogen and oxygen atoms in total. The third-order valence-electron chi connectivity index (χ3n) is 3.95. The van der Waals surface area contributed by atoms with Crippen LogP contribution in [0.15, 0.2) is 59.7 Å². The number of esters is 2. The van der Waals surface area contributed by atoms with Crippen LogP contribution in [0.25, 0.3) is 0 Å². The minimum Gasteiger partial charge on any atom is -0.466 e. The third kappa shape index (κ3) is 3.77. The predicted octanol–water partition coefficient (Wildman–Crippen LogP) is 2.96. The first-order valence-electron chi connectivity index (χ1n) is 8.50. The zero-order chi connectivity index (χ0) is 20.0. The smallest absolute Gasteiger partial charge is 0.310 e. The van der Waals surface area contributed by atoms with Crippen LogP contribution in [0.3, 0.4) is 0 Å². The summed E-state index contributed by atoms with van der Waals surface area (Å²) in [6.07, 6.45) is 1.01. The molecule has 0 unspecified atom stereocenters. The van der Waals surface area contributed by atoms with Crippen LogP contribution in [0.5, 0.6) is 0 Å². The number of nitrogens with zero attached hydrogens (tertiary/aromatic N) is 9. The first kappa shape index (κ1) is 19.3. The van der Waals surface area contributed by atoms with Gasteiger partial charge < -0.3 is 9.47 Å². The van der Waals surface area contributed by atoms with Crippen molar-refractivity contribution >= 4 is 11.9 Å². The maximum atomic E-state index is 12.0. The van der Waals surface area contributed by atoms with E-state index in [4.69, 9.17) is 9.47 Å². The standard InChI is InChI=1S/C15H17N9O4/c1-3-27-12(25)8-14(17-21-22-18-14)10-5-6-16-11(7-10)15(19-23-24-20-15)9-13(26)28-4-2/h5-7H,3-4,8-9H2,1-2H3. The fourth-order valence-corrected chi connectivity index (χ4v) is 2.69. The molecular formula is C15H17N9O4. The molecule has 0 aliphatic carbocycles. The van der Waals surface area contributed by atoms with Crippen LogP contribution >= 0.6 is 0 Å². The SMILES string of the molecule is CCOC(=O)CC1(c2ccnc(C3(CC(=O)OCC)N=NN=N3)c2)N=NN=N1. The second-order valence-electron chi connectivity index (χ2n) is 5.78. The molecule has 0 saturated carbocycles. The minimum atomic E-state index is -1.46. The number of ether oxygens (including phenoxy) is 2. The molecule has 3 heterocycles. The summed E-state index contributed by atoms with van der Waals surface area (Å²) in [6.45, 7) is 3.81. The minimum absolute atomic E-state index is 0.203.